The summed E-state index contributed by atoms with van der Waals surface area (Å²) >= 11 is 0. The van der Waals surface area contributed by atoms with E-state index in [0.717, 1.165) is 11.3 Å². The summed E-state index contributed by atoms with van der Waals surface area (Å²) in [5.41, 5.74) is 3.39. The van der Waals surface area contributed by atoms with Crippen LogP contribution in [0.4, 0.5) is 5.69 Å². The van der Waals surface area contributed by atoms with Crippen LogP contribution >= 0.6 is 7.92 Å². The molecule has 0 bridgehead atoms. The van der Waals surface area contributed by atoms with Crippen molar-refractivity contribution in [3.05, 3.63) is 24.3 Å². The maximum absolute atomic E-state index is 2.44. The average Bonchev–Trinajstić information content (AvgIpc) is 3.13. The molecule has 2 heteroatoms. The molecule has 1 nitrogen and oxygen atoms in total. The second-order valence-corrected chi connectivity index (χ2v) is 9.49. The quantitative estimate of drug-likeness (QED) is 0.723. The van der Waals surface area contributed by atoms with Crippen LogP contribution in [0.15, 0.2) is 24.3 Å². The van der Waals surface area contributed by atoms with Crippen molar-refractivity contribution in [2.45, 2.75) is 62.7 Å². The Bertz CT molecular complexity index is 398. The van der Waals surface area contributed by atoms with Crippen molar-refractivity contribution in [2.24, 2.45) is 0 Å². The standard InChI is InChI=1S/C18H28NP/c1-19(2)15-11-13-18(14-12-15)20(16-7-3-4-8-16)17-9-5-6-10-17/h11-14,16-17H,3-10H2,1-2H3. The fourth-order valence-corrected chi connectivity index (χ4v) is 7.78. The van der Waals surface area contributed by atoms with Crippen LogP contribution in [0.25, 0.3) is 0 Å². The van der Waals surface area contributed by atoms with Crippen LogP contribution in [0.2, 0.25) is 0 Å². The fraction of sp³-hybridized carbons (Fsp3) is 0.667. The summed E-state index contributed by atoms with van der Waals surface area (Å²) in [6.45, 7) is 0. The van der Waals surface area contributed by atoms with Crippen molar-refractivity contribution in [1.29, 1.82) is 0 Å². The number of benzene rings is 1. The van der Waals surface area contributed by atoms with Crippen molar-refractivity contribution in [2.75, 3.05) is 19.0 Å². The average molecular weight is 289 g/mol. The zero-order valence-electron chi connectivity index (χ0n) is 13.0. The predicted octanol–water partition coefficient (Wildman–Crippen LogP) is 4.75. The van der Waals surface area contributed by atoms with Gasteiger partial charge in [-0.25, -0.2) is 0 Å². The summed E-state index contributed by atoms with van der Waals surface area (Å²) in [6, 6.07) is 9.54. The van der Waals surface area contributed by atoms with Gasteiger partial charge in [-0.3, -0.25) is 0 Å². The van der Waals surface area contributed by atoms with Crippen molar-refractivity contribution in [1.82, 2.24) is 0 Å². The largest absolute Gasteiger partial charge is 0.378 e. The summed E-state index contributed by atoms with van der Waals surface area (Å²) < 4.78 is 0. The highest BCUT2D eigenvalue weighted by atomic mass is 31.1. The molecule has 0 saturated heterocycles. The first kappa shape index (κ1) is 14.4. The van der Waals surface area contributed by atoms with Crippen LogP contribution in [-0.2, 0) is 0 Å². The van der Waals surface area contributed by atoms with Crippen molar-refractivity contribution in [3.8, 4) is 0 Å². The summed E-state index contributed by atoms with van der Waals surface area (Å²) in [5, 5.41) is 1.68. The first-order valence-electron chi connectivity index (χ1n) is 8.31. The van der Waals surface area contributed by atoms with Crippen LogP contribution in [0.1, 0.15) is 51.4 Å². The lowest BCUT2D eigenvalue weighted by Gasteiger charge is -2.31. The molecule has 2 saturated carbocycles. The van der Waals surface area contributed by atoms with Crippen LogP contribution in [0.5, 0.6) is 0 Å². The zero-order valence-corrected chi connectivity index (χ0v) is 13.9. The number of hydrogen-bond donors (Lipinski definition) is 0. The molecule has 20 heavy (non-hydrogen) atoms. The monoisotopic (exact) mass is 289 g/mol. The maximum Gasteiger partial charge on any atom is 0.0361 e. The Morgan fingerprint density at radius 1 is 0.800 bits per heavy atom. The minimum Gasteiger partial charge on any atom is -0.378 e. The van der Waals surface area contributed by atoms with Crippen LogP contribution in [0.3, 0.4) is 0 Å². The third-order valence-electron chi connectivity index (χ3n) is 5.10. The van der Waals surface area contributed by atoms with E-state index in [-0.39, 0.29) is 7.92 Å². The van der Waals surface area contributed by atoms with E-state index < -0.39 is 0 Å². The molecule has 2 aliphatic rings. The Morgan fingerprint density at radius 3 is 1.65 bits per heavy atom. The van der Waals surface area contributed by atoms with Gasteiger partial charge in [-0.1, -0.05) is 45.7 Å². The SMILES string of the molecule is CN(C)c1ccc(P(C2CCCC2)C2CCCC2)cc1. The first-order chi connectivity index (χ1) is 9.75. The molecule has 0 unspecified atom stereocenters. The Morgan fingerprint density at radius 2 is 1.25 bits per heavy atom. The lowest BCUT2D eigenvalue weighted by molar-refractivity contribution is 0.835. The molecule has 0 atom stereocenters. The molecule has 0 radical (unpaired) electrons. The number of hydrogen-bond acceptors (Lipinski definition) is 1. The maximum atomic E-state index is 2.44. The van der Waals surface area contributed by atoms with Crippen LogP contribution in [0, 0.1) is 0 Å². The van der Waals surface area contributed by atoms with Gasteiger partial charge >= 0.3 is 0 Å². The van der Waals surface area contributed by atoms with Gasteiger partial charge in [0.1, 0.15) is 0 Å². The van der Waals surface area contributed by atoms with E-state index in [1.54, 1.807) is 5.30 Å². The lowest BCUT2D eigenvalue weighted by Crippen LogP contribution is -2.19. The highest BCUT2D eigenvalue weighted by molar-refractivity contribution is 7.67. The highest BCUT2D eigenvalue weighted by Crippen LogP contribution is 2.56. The number of rotatable bonds is 4. The second kappa shape index (κ2) is 6.48. The first-order valence-corrected chi connectivity index (χ1v) is 9.79. The van der Waals surface area contributed by atoms with Crippen molar-refractivity contribution >= 4 is 18.9 Å². The fourth-order valence-electron chi connectivity index (χ4n) is 4.01. The van der Waals surface area contributed by atoms with Gasteiger partial charge in [0.25, 0.3) is 0 Å². The summed E-state index contributed by atoms with van der Waals surface area (Å²) in [7, 11) is 4.35. The molecule has 0 amide bonds. The smallest absolute Gasteiger partial charge is 0.0361 e. The molecule has 110 valence electrons. The molecule has 0 N–H and O–H groups in total. The molecule has 0 heterocycles. The molecule has 1 aromatic carbocycles. The summed E-state index contributed by atoms with van der Waals surface area (Å²) in [4.78, 5) is 2.21. The van der Waals surface area contributed by atoms with E-state index in [0.29, 0.717) is 0 Å². The third kappa shape index (κ3) is 3.03. The van der Waals surface area contributed by atoms with E-state index in [1.807, 2.05) is 0 Å². The van der Waals surface area contributed by atoms with Crippen LogP contribution in [-0.4, -0.2) is 25.4 Å². The molecule has 2 fully saturated rings. The van der Waals surface area contributed by atoms with Crippen molar-refractivity contribution in [3.63, 3.8) is 0 Å². The van der Waals surface area contributed by atoms with E-state index >= 15 is 0 Å². The molecule has 1 aromatic rings. The lowest BCUT2D eigenvalue weighted by atomic mass is 10.3. The minimum absolute atomic E-state index is 0.0918. The van der Waals surface area contributed by atoms with Gasteiger partial charge < -0.3 is 4.90 Å². The highest BCUT2D eigenvalue weighted by Gasteiger charge is 2.33. The van der Waals surface area contributed by atoms with E-state index in [1.165, 1.54) is 57.1 Å². The zero-order chi connectivity index (χ0) is 13.9. The van der Waals surface area contributed by atoms with Gasteiger partial charge in [0.05, 0.1) is 0 Å². The summed E-state index contributed by atoms with van der Waals surface area (Å²) in [5.74, 6) is 0. The topological polar surface area (TPSA) is 3.24 Å². The number of nitrogens with zero attached hydrogens (tertiary/aromatic N) is 1. The van der Waals surface area contributed by atoms with E-state index in [2.05, 4.69) is 43.3 Å². The van der Waals surface area contributed by atoms with Gasteiger partial charge in [-0.05, 0) is 54.4 Å². The van der Waals surface area contributed by atoms with Gasteiger partial charge in [0.2, 0.25) is 0 Å². The van der Waals surface area contributed by atoms with E-state index in [4.69, 9.17) is 0 Å². The van der Waals surface area contributed by atoms with Gasteiger partial charge in [-0.15, -0.1) is 0 Å². The number of anilines is 1. The van der Waals surface area contributed by atoms with Gasteiger partial charge in [0, 0.05) is 19.8 Å². The second-order valence-electron chi connectivity index (χ2n) is 6.69. The molecule has 0 spiro atoms. The van der Waals surface area contributed by atoms with Crippen LogP contribution < -0.4 is 10.2 Å². The predicted molar refractivity (Wildman–Crippen MR) is 91.8 cm³/mol. The Labute approximate surface area is 125 Å². The minimum atomic E-state index is 0.0918. The Kier molecular flexibility index (Phi) is 4.66. The van der Waals surface area contributed by atoms with Gasteiger partial charge in [0.15, 0.2) is 0 Å². The summed E-state index contributed by atoms with van der Waals surface area (Å²) in [6.07, 6.45) is 11.9. The molecule has 3 rings (SSSR count). The molecule has 0 aromatic heterocycles. The van der Waals surface area contributed by atoms with E-state index in [9.17, 15) is 0 Å². The normalized spacial score (nSPS) is 20.9. The Balaban J connectivity index is 1.83. The molecular formula is C18H28NP. The molecule has 0 aliphatic heterocycles. The van der Waals surface area contributed by atoms with Crippen molar-refractivity contribution < 1.29 is 0 Å². The third-order valence-corrected chi connectivity index (χ3v) is 8.60. The van der Waals surface area contributed by atoms with Gasteiger partial charge in [-0.2, -0.15) is 0 Å². The molecular weight excluding hydrogens is 261 g/mol. The Hall–Kier alpha value is -0.550. The molecule has 2 aliphatic carbocycles.